The Morgan fingerprint density at radius 1 is 0.561 bits per heavy atom. The van der Waals surface area contributed by atoms with Crippen molar-refractivity contribution in [3.8, 4) is 0 Å². The fourth-order valence-electron chi connectivity index (χ4n) is 8.25. The highest BCUT2D eigenvalue weighted by molar-refractivity contribution is 5.92. The molecule has 4 aromatic carbocycles. The fourth-order valence-corrected chi connectivity index (χ4v) is 8.25. The van der Waals surface area contributed by atoms with E-state index in [9.17, 15) is 4.79 Å². The average molecular weight is 772 g/mol. The van der Waals surface area contributed by atoms with E-state index < -0.39 is 0 Å². The first-order chi connectivity index (χ1) is 27.5. The second-order valence-corrected chi connectivity index (χ2v) is 17.0. The lowest BCUT2D eigenvalue weighted by Gasteiger charge is -2.29. The second kappa shape index (κ2) is 19.1. The summed E-state index contributed by atoms with van der Waals surface area (Å²) >= 11 is 0. The van der Waals surface area contributed by atoms with Crippen LogP contribution in [0.15, 0.2) is 84.9 Å². The molecule has 0 spiro atoms. The van der Waals surface area contributed by atoms with Crippen molar-refractivity contribution in [1.82, 2.24) is 16.0 Å². The molecule has 0 unspecified atom stereocenters. The van der Waals surface area contributed by atoms with Crippen molar-refractivity contribution >= 4 is 60.9 Å². The van der Waals surface area contributed by atoms with Gasteiger partial charge in [-0.1, -0.05) is 12.1 Å². The minimum atomic E-state index is 0.171. The highest BCUT2D eigenvalue weighted by Gasteiger charge is 2.21. The van der Waals surface area contributed by atoms with Crippen LogP contribution in [0.5, 0.6) is 0 Å². The van der Waals surface area contributed by atoms with Crippen molar-refractivity contribution in [1.29, 1.82) is 0 Å². The van der Waals surface area contributed by atoms with Crippen molar-refractivity contribution in [2.45, 2.75) is 64.7 Å². The van der Waals surface area contributed by atoms with Crippen LogP contribution < -0.4 is 34.9 Å². The van der Waals surface area contributed by atoms with Gasteiger partial charge in [-0.2, -0.15) is 9.13 Å². The zero-order chi connectivity index (χ0) is 40.5. The molecule has 0 radical (unpaired) electrons. The summed E-state index contributed by atoms with van der Waals surface area (Å²) in [5.74, 6) is 0.171. The molecule has 1 amide bonds. The zero-order valence-corrected chi connectivity index (χ0v) is 35.9. The van der Waals surface area contributed by atoms with Crippen LogP contribution >= 0.6 is 0 Å². The summed E-state index contributed by atoms with van der Waals surface area (Å²) in [6.07, 6.45) is 5.56. The molecule has 2 aromatic heterocycles. The molecule has 0 bridgehead atoms. The molecule has 0 aliphatic carbocycles. The molecule has 0 atom stereocenters. The van der Waals surface area contributed by atoms with E-state index in [0.29, 0.717) is 6.42 Å². The largest absolute Gasteiger partial charge is 0.377 e. The van der Waals surface area contributed by atoms with Crippen LogP contribution in [0.25, 0.3) is 43.6 Å². The maximum absolute atomic E-state index is 12.9. The summed E-state index contributed by atoms with van der Waals surface area (Å²) in [5.41, 5.74) is 10.1. The summed E-state index contributed by atoms with van der Waals surface area (Å²) in [7, 11) is 17.0. The number of aryl methyl sites for hydroxylation is 2. The van der Waals surface area contributed by atoms with Gasteiger partial charge < -0.3 is 30.2 Å². The lowest BCUT2D eigenvalue weighted by Crippen LogP contribution is -2.45. The quantitative estimate of drug-likeness (QED) is 0.0350. The van der Waals surface area contributed by atoms with Gasteiger partial charge in [0.05, 0.1) is 33.6 Å². The van der Waals surface area contributed by atoms with E-state index in [4.69, 9.17) is 0 Å². The van der Waals surface area contributed by atoms with Gasteiger partial charge in [0.25, 0.3) is 0 Å². The molecule has 302 valence electrons. The van der Waals surface area contributed by atoms with E-state index in [1.165, 1.54) is 66.1 Å². The van der Waals surface area contributed by atoms with Gasteiger partial charge in [0.15, 0.2) is 6.54 Å². The number of quaternary nitrogens is 1. The lowest BCUT2D eigenvalue weighted by molar-refractivity contribution is -0.892. The molecule has 6 rings (SSSR count). The van der Waals surface area contributed by atoms with Crippen LogP contribution in [0.1, 0.15) is 49.7 Å². The number of carbonyl (C=O) groups excluding carboxylic acids is 1. The number of hydrogen-bond acceptors (Lipinski definition) is 5. The Balaban J connectivity index is 0.984. The summed E-state index contributed by atoms with van der Waals surface area (Å²) in [4.78, 5) is 17.2. The predicted molar refractivity (Wildman–Crippen MR) is 240 cm³/mol. The van der Waals surface area contributed by atoms with E-state index in [2.05, 4.69) is 162 Å². The Morgan fingerprint density at radius 3 is 1.51 bits per heavy atom. The number of unbranched alkanes of at least 4 members (excludes halogenated alkanes) is 2. The molecule has 0 aliphatic heterocycles. The Hall–Kier alpha value is -4.83. The number of anilines is 2. The topological polar surface area (TPSA) is 67.4 Å². The Morgan fingerprint density at radius 2 is 1.02 bits per heavy atom. The third-order valence-electron chi connectivity index (χ3n) is 11.5. The first kappa shape index (κ1) is 41.8. The zero-order valence-electron chi connectivity index (χ0n) is 35.9. The summed E-state index contributed by atoms with van der Waals surface area (Å²) in [6.45, 7) is 6.41. The first-order valence-corrected chi connectivity index (χ1v) is 21.0. The number of pyridine rings is 2. The van der Waals surface area contributed by atoms with Gasteiger partial charge in [-0.3, -0.25) is 4.79 Å². The van der Waals surface area contributed by atoms with Gasteiger partial charge in [-0.15, -0.1) is 0 Å². The van der Waals surface area contributed by atoms with Crippen molar-refractivity contribution in [2.24, 2.45) is 0 Å². The highest BCUT2D eigenvalue weighted by atomic mass is 16.1. The monoisotopic (exact) mass is 772 g/mol. The predicted octanol–water partition coefficient (Wildman–Crippen LogP) is 6.68. The van der Waals surface area contributed by atoms with Crippen LogP contribution in [0, 0.1) is 0 Å². The van der Waals surface area contributed by atoms with E-state index >= 15 is 0 Å². The number of nitrogens with one attached hydrogen (secondary N) is 3. The Labute approximate surface area is 340 Å². The molecule has 0 aliphatic rings. The number of amides is 1. The number of carbonyl (C=O) groups is 1. The molecule has 9 nitrogen and oxygen atoms in total. The smallest absolute Gasteiger partial charge is 0.219 e. The minimum Gasteiger partial charge on any atom is -0.377 e. The Kier molecular flexibility index (Phi) is 14.0. The molecule has 0 saturated carbocycles. The summed E-state index contributed by atoms with van der Waals surface area (Å²) in [6, 6.07) is 31.8. The Bertz CT molecular complexity index is 2180. The van der Waals surface area contributed by atoms with Crippen LogP contribution in [-0.4, -0.2) is 86.4 Å². The maximum Gasteiger partial charge on any atom is 0.219 e. The van der Waals surface area contributed by atoms with Gasteiger partial charge in [-0.05, 0) is 86.6 Å². The van der Waals surface area contributed by atoms with Crippen molar-refractivity contribution in [2.75, 3.05) is 85.8 Å². The molecule has 3 N–H and O–H groups in total. The van der Waals surface area contributed by atoms with Gasteiger partial charge >= 0.3 is 0 Å². The van der Waals surface area contributed by atoms with E-state index in [1.807, 2.05) is 14.1 Å². The van der Waals surface area contributed by atoms with Crippen LogP contribution in [0.2, 0.25) is 0 Å². The summed E-state index contributed by atoms with van der Waals surface area (Å²) in [5, 5.41) is 14.9. The molecule has 0 saturated heterocycles. The minimum absolute atomic E-state index is 0.171. The molecule has 6 aromatic rings. The number of fused-ring (bicyclic) bond motifs is 4. The van der Waals surface area contributed by atoms with E-state index in [1.54, 1.807) is 0 Å². The number of benzene rings is 4. The number of aromatic nitrogens is 2. The average Bonchev–Trinajstić information content (AvgIpc) is 3.18. The number of hydrogen-bond donors (Lipinski definition) is 3. The normalized spacial score (nSPS) is 11.9. The van der Waals surface area contributed by atoms with Gasteiger partial charge in [-0.25, -0.2) is 0 Å². The molecule has 0 fully saturated rings. The molecular formula is C48H67N8O+3. The fraction of sp³-hybridized carbons (Fsp3) is 0.438. The second-order valence-electron chi connectivity index (χ2n) is 17.0. The van der Waals surface area contributed by atoms with Crippen LogP contribution in [0.4, 0.5) is 11.4 Å². The highest BCUT2D eigenvalue weighted by Crippen LogP contribution is 2.26. The van der Waals surface area contributed by atoms with Gasteiger partial charge in [0, 0.05) is 124 Å². The number of rotatable bonds is 20. The maximum atomic E-state index is 12.9. The van der Waals surface area contributed by atoms with Crippen molar-refractivity contribution in [3.63, 3.8) is 0 Å². The van der Waals surface area contributed by atoms with Crippen molar-refractivity contribution < 1.29 is 18.4 Å². The molecular weight excluding hydrogens is 705 g/mol. The third kappa shape index (κ3) is 10.6. The molecule has 57 heavy (non-hydrogen) atoms. The molecule has 9 heteroatoms. The van der Waals surface area contributed by atoms with E-state index in [-0.39, 0.29) is 5.91 Å². The van der Waals surface area contributed by atoms with Gasteiger partial charge in [0.2, 0.25) is 28.0 Å². The van der Waals surface area contributed by atoms with Crippen LogP contribution in [-0.2, 0) is 31.0 Å². The van der Waals surface area contributed by atoms with Crippen LogP contribution in [0.3, 0.4) is 0 Å². The third-order valence-corrected chi connectivity index (χ3v) is 11.5. The molecule has 2 heterocycles. The lowest BCUT2D eigenvalue weighted by atomic mass is 10.1. The number of nitrogens with zero attached hydrogens (tertiary/aromatic N) is 5. The SMILES string of the molecule is CNCc1ccc2cc3ccc(CNC)cc3[n+](CCC[N+](C)(C)CCCNC(=O)CCCCC[n+]3c4cc(N(C)C)ccc4cc4ccc(N(C)C)cc43)c2c1. The standard InChI is InChI=1S/C48H66N8O/c1-49-34-36-15-17-38-30-39-18-16-37(35-50-2)29-45(39)55(44(38)28-36)25-13-27-56(7,8)26-12-23-51-48(57)14-10-9-11-24-54-46-32-42(52(3)4)21-19-40(46)31-41-20-22-43(53(5)6)33-47(41)54/h15-22,28-33,49-50H,9-14,23-27,34-35H2,1-8H3/q+2/p+1. The van der Waals surface area contributed by atoms with Gasteiger partial charge in [0.1, 0.15) is 6.54 Å². The van der Waals surface area contributed by atoms with E-state index in [0.717, 1.165) is 82.4 Å². The first-order valence-electron chi connectivity index (χ1n) is 21.0. The summed E-state index contributed by atoms with van der Waals surface area (Å²) < 4.78 is 5.95. The van der Waals surface area contributed by atoms with Crippen molar-refractivity contribution in [3.05, 3.63) is 96.1 Å².